The van der Waals surface area contributed by atoms with E-state index in [1.807, 2.05) is 0 Å². The molecule has 0 spiro atoms. The predicted molar refractivity (Wildman–Crippen MR) is 85.5 cm³/mol. The number of amides is 1. The highest BCUT2D eigenvalue weighted by atomic mass is 19.4. The van der Waals surface area contributed by atoms with E-state index in [-0.39, 0.29) is 25.0 Å². The predicted octanol–water partition coefficient (Wildman–Crippen LogP) is 2.83. The van der Waals surface area contributed by atoms with Gasteiger partial charge in [0.1, 0.15) is 0 Å². The Kier molecular flexibility index (Phi) is 4.72. The fourth-order valence-corrected chi connectivity index (χ4v) is 3.71. The first-order valence-corrected chi connectivity index (χ1v) is 8.41. The molecule has 1 aliphatic carbocycles. The summed E-state index contributed by atoms with van der Waals surface area (Å²) < 4.78 is 44.3. The molecule has 1 aliphatic heterocycles. The standard InChI is InChI=1S/C18H20F3NO4/c1-26-14-8-13(9-15(23)24)22(10-14)16(25)17(5-6-17)11-3-2-4-12(7-11)18(19,20)21/h2-4,7,13-14H,5-6,8-10H2,1H3,(H,23,24). The zero-order valence-electron chi connectivity index (χ0n) is 14.3. The number of carboxylic acids is 1. The Labute approximate surface area is 148 Å². The smallest absolute Gasteiger partial charge is 0.416 e. The minimum atomic E-state index is -4.48. The van der Waals surface area contributed by atoms with Gasteiger partial charge in [-0.15, -0.1) is 0 Å². The van der Waals surface area contributed by atoms with Gasteiger partial charge in [0.2, 0.25) is 5.91 Å². The molecule has 0 bridgehead atoms. The van der Waals surface area contributed by atoms with Crippen molar-refractivity contribution >= 4 is 11.9 Å². The van der Waals surface area contributed by atoms with E-state index >= 15 is 0 Å². The van der Waals surface area contributed by atoms with Gasteiger partial charge in [0, 0.05) is 19.7 Å². The van der Waals surface area contributed by atoms with Crippen LogP contribution in [0.5, 0.6) is 0 Å². The maximum absolute atomic E-state index is 13.1. The van der Waals surface area contributed by atoms with Crippen LogP contribution in [0.15, 0.2) is 24.3 Å². The number of benzene rings is 1. The molecule has 8 heteroatoms. The number of likely N-dealkylation sites (tertiary alicyclic amines) is 1. The lowest BCUT2D eigenvalue weighted by molar-refractivity contribution is -0.141. The number of halogens is 3. The lowest BCUT2D eigenvalue weighted by atomic mass is 9.92. The van der Waals surface area contributed by atoms with Crippen molar-refractivity contribution in [1.29, 1.82) is 0 Å². The number of aliphatic carboxylic acids is 1. The molecule has 5 nitrogen and oxygen atoms in total. The van der Waals surface area contributed by atoms with Crippen LogP contribution >= 0.6 is 0 Å². The van der Waals surface area contributed by atoms with E-state index in [1.54, 1.807) is 0 Å². The summed E-state index contributed by atoms with van der Waals surface area (Å²) in [6.07, 6.45) is -3.62. The van der Waals surface area contributed by atoms with Gasteiger partial charge >= 0.3 is 12.1 Å². The fourth-order valence-electron chi connectivity index (χ4n) is 3.71. The van der Waals surface area contributed by atoms with Crippen molar-refractivity contribution in [1.82, 2.24) is 4.90 Å². The molecule has 1 saturated heterocycles. The van der Waals surface area contributed by atoms with Crippen LogP contribution < -0.4 is 0 Å². The second kappa shape index (κ2) is 6.57. The third kappa shape index (κ3) is 3.42. The van der Waals surface area contributed by atoms with Gasteiger partial charge in [0.15, 0.2) is 0 Å². The van der Waals surface area contributed by atoms with Crippen LogP contribution in [0.3, 0.4) is 0 Å². The molecule has 1 amide bonds. The van der Waals surface area contributed by atoms with Crippen LogP contribution in [0.2, 0.25) is 0 Å². The third-order valence-electron chi connectivity index (χ3n) is 5.28. The average molecular weight is 371 g/mol. The molecule has 2 unspecified atom stereocenters. The SMILES string of the molecule is COC1CC(CC(=O)O)N(C(=O)C2(c3cccc(C(F)(F)F)c3)CC2)C1. The normalized spacial score (nSPS) is 24.5. The van der Waals surface area contributed by atoms with Crippen molar-refractivity contribution < 1.29 is 32.6 Å². The highest BCUT2D eigenvalue weighted by Crippen LogP contribution is 2.51. The van der Waals surface area contributed by atoms with Crippen LogP contribution in [-0.4, -0.2) is 47.7 Å². The fraction of sp³-hybridized carbons (Fsp3) is 0.556. The molecule has 1 heterocycles. The lowest BCUT2D eigenvalue weighted by Gasteiger charge is -2.28. The summed E-state index contributed by atoms with van der Waals surface area (Å²) in [5, 5.41) is 9.09. The van der Waals surface area contributed by atoms with Gasteiger partial charge < -0.3 is 14.7 Å². The van der Waals surface area contributed by atoms with E-state index in [1.165, 1.54) is 24.1 Å². The van der Waals surface area contributed by atoms with E-state index in [0.29, 0.717) is 24.8 Å². The lowest BCUT2D eigenvalue weighted by Crippen LogP contribution is -2.43. The van der Waals surface area contributed by atoms with Gasteiger partial charge in [-0.25, -0.2) is 0 Å². The number of alkyl halides is 3. The van der Waals surface area contributed by atoms with Gasteiger partial charge in [-0.2, -0.15) is 13.2 Å². The van der Waals surface area contributed by atoms with Crippen molar-refractivity contribution in [2.24, 2.45) is 0 Å². The first kappa shape index (κ1) is 18.7. The van der Waals surface area contributed by atoms with E-state index < -0.39 is 29.2 Å². The van der Waals surface area contributed by atoms with E-state index in [0.717, 1.165) is 12.1 Å². The number of nitrogens with zero attached hydrogens (tertiary/aromatic N) is 1. The van der Waals surface area contributed by atoms with Gasteiger partial charge in [-0.1, -0.05) is 18.2 Å². The topological polar surface area (TPSA) is 66.8 Å². The number of hydrogen-bond acceptors (Lipinski definition) is 3. The highest BCUT2D eigenvalue weighted by molar-refractivity contribution is 5.92. The zero-order valence-corrected chi connectivity index (χ0v) is 14.3. The summed E-state index contributed by atoms with van der Waals surface area (Å²) in [6, 6.07) is 4.35. The molecule has 1 aromatic carbocycles. The van der Waals surface area contributed by atoms with Gasteiger partial charge in [0.05, 0.1) is 23.5 Å². The Morgan fingerprint density at radius 1 is 1.35 bits per heavy atom. The molecule has 0 radical (unpaired) electrons. The molecular formula is C18H20F3NO4. The second-order valence-electron chi connectivity index (χ2n) is 6.96. The molecule has 2 atom stereocenters. The molecule has 2 aliphatic rings. The van der Waals surface area contributed by atoms with Crippen molar-refractivity contribution in [2.75, 3.05) is 13.7 Å². The van der Waals surface area contributed by atoms with E-state index in [4.69, 9.17) is 9.84 Å². The number of carbonyl (C=O) groups excluding carboxylic acids is 1. The Balaban J connectivity index is 1.87. The molecule has 0 aromatic heterocycles. The van der Waals surface area contributed by atoms with Crippen LogP contribution in [0.1, 0.15) is 36.8 Å². The van der Waals surface area contributed by atoms with Crippen molar-refractivity contribution in [3.63, 3.8) is 0 Å². The molecule has 1 saturated carbocycles. The molecule has 26 heavy (non-hydrogen) atoms. The van der Waals surface area contributed by atoms with Gasteiger partial charge in [-0.05, 0) is 30.9 Å². The molecular weight excluding hydrogens is 351 g/mol. The summed E-state index contributed by atoms with van der Waals surface area (Å²) in [6.45, 7) is 0.258. The minimum absolute atomic E-state index is 0.204. The maximum Gasteiger partial charge on any atom is 0.416 e. The van der Waals surface area contributed by atoms with Crippen molar-refractivity contribution in [3.8, 4) is 0 Å². The Bertz CT molecular complexity index is 715. The van der Waals surface area contributed by atoms with Gasteiger partial charge in [-0.3, -0.25) is 9.59 Å². The summed E-state index contributed by atoms with van der Waals surface area (Å²) in [4.78, 5) is 25.7. The molecule has 1 aromatic rings. The number of carboxylic acid groups (broad SMARTS) is 1. The highest BCUT2D eigenvalue weighted by Gasteiger charge is 2.55. The molecule has 2 fully saturated rings. The molecule has 142 valence electrons. The minimum Gasteiger partial charge on any atom is -0.481 e. The molecule has 1 N–H and O–H groups in total. The van der Waals surface area contributed by atoms with Crippen molar-refractivity contribution in [2.45, 2.75) is 49.4 Å². The Morgan fingerprint density at radius 3 is 2.58 bits per heavy atom. The maximum atomic E-state index is 13.1. The quantitative estimate of drug-likeness (QED) is 0.864. The number of rotatable bonds is 5. The average Bonchev–Trinajstić information content (AvgIpc) is 3.29. The van der Waals surface area contributed by atoms with Crippen molar-refractivity contribution in [3.05, 3.63) is 35.4 Å². The van der Waals surface area contributed by atoms with E-state index in [2.05, 4.69) is 0 Å². The monoisotopic (exact) mass is 371 g/mol. The summed E-state index contributed by atoms with van der Waals surface area (Å²) in [5.41, 5.74) is -1.43. The zero-order chi connectivity index (χ0) is 19.1. The van der Waals surface area contributed by atoms with Crippen LogP contribution in [-0.2, 0) is 25.9 Å². The summed E-state index contributed by atoms with van der Waals surface area (Å²) in [5.74, 6) is -1.32. The Hall–Kier alpha value is -2.09. The largest absolute Gasteiger partial charge is 0.481 e. The number of ether oxygens (including phenoxy) is 1. The number of carbonyl (C=O) groups is 2. The van der Waals surface area contributed by atoms with Gasteiger partial charge in [0.25, 0.3) is 0 Å². The summed E-state index contributed by atoms with van der Waals surface area (Å²) >= 11 is 0. The summed E-state index contributed by atoms with van der Waals surface area (Å²) in [7, 11) is 1.50. The first-order valence-electron chi connectivity index (χ1n) is 8.41. The first-order chi connectivity index (χ1) is 12.2. The Morgan fingerprint density at radius 2 is 2.04 bits per heavy atom. The second-order valence-corrected chi connectivity index (χ2v) is 6.96. The van der Waals surface area contributed by atoms with Crippen LogP contribution in [0.4, 0.5) is 13.2 Å². The number of hydrogen-bond donors (Lipinski definition) is 1. The van der Waals surface area contributed by atoms with Crippen LogP contribution in [0, 0.1) is 0 Å². The molecule has 3 rings (SSSR count). The van der Waals surface area contributed by atoms with E-state index in [9.17, 15) is 22.8 Å². The number of methoxy groups -OCH3 is 1. The van der Waals surface area contributed by atoms with Crippen LogP contribution in [0.25, 0.3) is 0 Å². The third-order valence-corrected chi connectivity index (χ3v) is 5.28.